The smallest absolute Gasteiger partial charge is 0.261 e. The van der Waals surface area contributed by atoms with Gasteiger partial charge >= 0.3 is 0 Å². The Labute approximate surface area is 205 Å². The van der Waals surface area contributed by atoms with Crippen molar-refractivity contribution in [2.45, 2.75) is 31.7 Å². The standard InChI is InChI=1S/C26H27N5O3S/c1-26(2,3)25(32)28-20-6-8-21(9-7-20)31-35(33,34)22-10-4-18(5-11-22)23-12-13-24(30-29-23)19-14-16-27-17-15-19/h4-17,23,29,31H,1-3H3,(H,28,32). The summed E-state index contributed by atoms with van der Waals surface area (Å²) in [5.74, 6) is -0.118. The number of pyridine rings is 1. The zero-order valence-electron chi connectivity index (χ0n) is 19.7. The maximum Gasteiger partial charge on any atom is 0.261 e. The summed E-state index contributed by atoms with van der Waals surface area (Å²) in [6.45, 7) is 5.47. The van der Waals surface area contributed by atoms with Crippen LogP contribution < -0.4 is 15.5 Å². The second kappa shape index (κ2) is 9.71. The number of amides is 1. The van der Waals surface area contributed by atoms with Gasteiger partial charge in [-0.25, -0.2) is 8.42 Å². The van der Waals surface area contributed by atoms with Crippen molar-refractivity contribution in [3.63, 3.8) is 0 Å². The first-order chi connectivity index (χ1) is 16.6. The average molecular weight is 490 g/mol. The van der Waals surface area contributed by atoms with E-state index < -0.39 is 15.4 Å². The molecule has 1 unspecified atom stereocenters. The van der Waals surface area contributed by atoms with Gasteiger partial charge in [-0.2, -0.15) is 5.10 Å². The molecule has 0 bridgehead atoms. The number of allylic oxidation sites excluding steroid dienone is 1. The summed E-state index contributed by atoms with van der Waals surface area (Å²) in [5, 5.41) is 7.23. The molecule has 180 valence electrons. The van der Waals surface area contributed by atoms with Gasteiger partial charge in [-0.05, 0) is 60.2 Å². The summed E-state index contributed by atoms with van der Waals surface area (Å²) in [5.41, 5.74) is 6.21. The van der Waals surface area contributed by atoms with Crippen LogP contribution in [0.2, 0.25) is 0 Å². The van der Waals surface area contributed by atoms with Gasteiger partial charge in [0.1, 0.15) is 0 Å². The van der Waals surface area contributed by atoms with Gasteiger partial charge in [-0.1, -0.05) is 39.0 Å². The van der Waals surface area contributed by atoms with Gasteiger partial charge in [0.05, 0.1) is 16.6 Å². The van der Waals surface area contributed by atoms with E-state index in [1.54, 1.807) is 60.9 Å². The van der Waals surface area contributed by atoms with Crippen LogP contribution in [0.5, 0.6) is 0 Å². The van der Waals surface area contributed by atoms with Crippen LogP contribution in [0, 0.1) is 5.41 Å². The lowest BCUT2D eigenvalue weighted by atomic mass is 9.95. The lowest BCUT2D eigenvalue weighted by molar-refractivity contribution is -0.123. The van der Waals surface area contributed by atoms with Crippen molar-refractivity contribution in [2.24, 2.45) is 10.5 Å². The van der Waals surface area contributed by atoms with E-state index in [0.717, 1.165) is 16.8 Å². The summed E-state index contributed by atoms with van der Waals surface area (Å²) < 4.78 is 28.3. The number of carbonyl (C=O) groups excluding carboxylic acids is 1. The fourth-order valence-corrected chi connectivity index (χ4v) is 4.34. The van der Waals surface area contributed by atoms with Gasteiger partial charge in [-0.3, -0.25) is 19.9 Å². The number of hydrazone groups is 1. The molecule has 0 saturated carbocycles. The Bertz CT molecular complexity index is 1360. The van der Waals surface area contributed by atoms with E-state index in [9.17, 15) is 13.2 Å². The molecule has 0 spiro atoms. The van der Waals surface area contributed by atoms with Crippen molar-refractivity contribution in [1.82, 2.24) is 10.4 Å². The molecule has 1 amide bonds. The monoisotopic (exact) mass is 489 g/mol. The molecule has 3 aromatic rings. The molecule has 0 fully saturated rings. The van der Waals surface area contributed by atoms with Crippen LogP contribution in [0.3, 0.4) is 0 Å². The first kappa shape index (κ1) is 24.2. The lowest BCUT2D eigenvalue weighted by Gasteiger charge is -2.19. The zero-order chi connectivity index (χ0) is 25.1. The summed E-state index contributed by atoms with van der Waals surface area (Å²) >= 11 is 0. The molecule has 2 aromatic carbocycles. The molecule has 35 heavy (non-hydrogen) atoms. The molecule has 4 rings (SSSR count). The van der Waals surface area contributed by atoms with Gasteiger partial charge in [0.2, 0.25) is 5.91 Å². The molecule has 1 aliphatic rings. The van der Waals surface area contributed by atoms with Crippen molar-refractivity contribution < 1.29 is 13.2 Å². The molecule has 0 aliphatic carbocycles. The number of anilines is 2. The predicted octanol–water partition coefficient (Wildman–Crippen LogP) is 4.47. The quantitative estimate of drug-likeness (QED) is 0.473. The Morgan fingerprint density at radius 2 is 1.54 bits per heavy atom. The highest BCUT2D eigenvalue weighted by molar-refractivity contribution is 7.92. The van der Waals surface area contributed by atoms with E-state index in [-0.39, 0.29) is 16.8 Å². The second-order valence-electron chi connectivity index (χ2n) is 9.15. The SMILES string of the molecule is CC(C)(C)C(=O)Nc1ccc(NS(=O)(=O)c2ccc(C3C=CC(c4ccncc4)=NN3)cc2)cc1. The van der Waals surface area contributed by atoms with Crippen molar-refractivity contribution in [2.75, 3.05) is 10.0 Å². The van der Waals surface area contributed by atoms with Crippen LogP contribution in [0.4, 0.5) is 11.4 Å². The molecule has 1 aromatic heterocycles. The Morgan fingerprint density at radius 1 is 0.914 bits per heavy atom. The maximum absolute atomic E-state index is 12.8. The van der Waals surface area contributed by atoms with E-state index in [0.29, 0.717) is 11.4 Å². The van der Waals surface area contributed by atoms with E-state index in [4.69, 9.17) is 0 Å². The molecule has 1 atom stereocenters. The third kappa shape index (κ3) is 5.93. The minimum Gasteiger partial charge on any atom is -0.326 e. The second-order valence-corrected chi connectivity index (χ2v) is 10.8. The van der Waals surface area contributed by atoms with Gasteiger partial charge in [0.15, 0.2) is 0 Å². The molecule has 1 aliphatic heterocycles. The fraction of sp³-hybridized carbons (Fsp3) is 0.192. The minimum absolute atomic E-state index is 0.118. The summed E-state index contributed by atoms with van der Waals surface area (Å²) in [7, 11) is -3.77. The Balaban J connectivity index is 1.39. The average Bonchev–Trinajstić information content (AvgIpc) is 2.85. The van der Waals surface area contributed by atoms with Gasteiger partial charge < -0.3 is 5.32 Å². The maximum atomic E-state index is 12.8. The Hall–Kier alpha value is -3.98. The molecule has 3 N–H and O–H groups in total. The Morgan fingerprint density at radius 3 is 2.11 bits per heavy atom. The van der Waals surface area contributed by atoms with Crippen molar-refractivity contribution in [3.05, 3.63) is 96.3 Å². The topological polar surface area (TPSA) is 113 Å². The number of hydrogen-bond donors (Lipinski definition) is 3. The summed E-state index contributed by atoms with van der Waals surface area (Å²) in [6, 6.07) is 16.8. The van der Waals surface area contributed by atoms with E-state index in [2.05, 4.69) is 25.6 Å². The number of rotatable bonds is 6. The highest BCUT2D eigenvalue weighted by Gasteiger charge is 2.21. The van der Waals surface area contributed by atoms with Crippen LogP contribution in [0.1, 0.15) is 37.9 Å². The van der Waals surface area contributed by atoms with Crippen LogP contribution in [-0.4, -0.2) is 25.0 Å². The number of nitrogens with zero attached hydrogens (tertiary/aromatic N) is 2. The van der Waals surface area contributed by atoms with Gasteiger partial charge in [0, 0.05) is 34.7 Å². The van der Waals surface area contributed by atoms with E-state index in [1.807, 2.05) is 45.1 Å². The molecule has 8 nitrogen and oxygen atoms in total. The number of nitrogens with one attached hydrogen (secondary N) is 3. The van der Waals surface area contributed by atoms with Crippen molar-refractivity contribution in [3.8, 4) is 0 Å². The predicted molar refractivity (Wildman–Crippen MR) is 138 cm³/mol. The number of benzene rings is 2. The number of aromatic nitrogens is 1. The van der Waals surface area contributed by atoms with Crippen molar-refractivity contribution in [1.29, 1.82) is 0 Å². The Kier molecular flexibility index (Phi) is 6.70. The fourth-order valence-electron chi connectivity index (χ4n) is 3.28. The van der Waals surface area contributed by atoms with E-state index in [1.165, 1.54) is 0 Å². The third-order valence-electron chi connectivity index (χ3n) is 5.37. The third-order valence-corrected chi connectivity index (χ3v) is 6.77. The molecule has 2 heterocycles. The van der Waals surface area contributed by atoms with E-state index >= 15 is 0 Å². The lowest BCUT2D eigenvalue weighted by Crippen LogP contribution is -2.27. The molecule has 0 saturated heterocycles. The zero-order valence-corrected chi connectivity index (χ0v) is 20.5. The van der Waals surface area contributed by atoms with Gasteiger partial charge in [-0.15, -0.1) is 0 Å². The van der Waals surface area contributed by atoms with Crippen LogP contribution >= 0.6 is 0 Å². The minimum atomic E-state index is -3.77. The normalized spacial score (nSPS) is 15.6. The first-order valence-corrected chi connectivity index (χ1v) is 12.6. The highest BCUT2D eigenvalue weighted by Crippen LogP contribution is 2.23. The highest BCUT2D eigenvalue weighted by atomic mass is 32.2. The molecular formula is C26H27N5O3S. The van der Waals surface area contributed by atoms with Gasteiger partial charge in [0.25, 0.3) is 10.0 Å². The number of carbonyl (C=O) groups is 1. The molecule has 0 radical (unpaired) electrons. The van der Waals surface area contributed by atoms with Crippen LogP contribution in [0.15, 0.2) is 95.2 Å². The molecular weight excluding hydrogens is 462 g/mol. The summed E-state index contributed by atoms with van der Waals surface area (Å²) in [4.78, 5) is 16.3. The first-order valence-electron chi connectivity index (χ1n) is 11.1. The number of hydrogen-bond acceptors (Lipinski definition) is 6. The number of sulfonamides is 1. The summed E-state index contributed by atoms with van der Waals surface area (Å²) in [6.07, 6.45) is 7.33. The van der Waals surface area contributed by atoms with Crippen LogP contribution in [0.25, 0.3) is 0 Å². The van der Waals surface area contributed by atoms with Crippen molar-refractivity contribution >= 4 is 33.0 Å². The molecule has 9 heteroatoms. The largest absolute Gasteiger partial charge is 0.326 e. The van der Waals surface area contributed by atoms with Crippen LogP contribution in [-0.2, 0) is 14.8 Å².